The van der Waals surface area contributed by atoms with Crippen LogP contribution in [-0.4, -0.2) is 55.5 Å². The van der Waals surface area contributed by atoms with Crippen LogP contribution in [0.25, 0.3) is 0 Å². The Bertz CT molecular complexity index is 1040. The molecule has 5 rings (SSSR count). The van der Waals surface area contributed by atoms with Gasteiger partial charge >= 0.3 is 5.97 Å². The lowest BCUT2D eigenvalue weighted by Crippen LogP contribution is -2.75. The number of fused-ring (bicyclic) bond motifs is 5. The highest BCUT2D eigenvalue weighted by Crippen LogP contribution is 2.70. The first-order valence-electron chi connectivity index (χ1n) is 12.4. The van der Waals surface area contributed by atoms with Gasteiger partial charge in [0.05, 0.1) is 11.7 Å². The minimum atomic E-state index is -1.60. The van der Waals surface area contributed by atoms with Gasteiger partial charge in [0, 0.05) is 29.6 Å². The quantitative estimate of drug-likeness (QED) is 0.460. The highest BCUT2D eigenvalue weighted by atomic mass is 16.5. The number of hydrogen-bond donors (Lipinski definition) is 3. The fourth-order valence-corrected chi connectivity index (χ4v) is 8.11. The molecule has 1 aromatic rings. The second-order valence-corrected chi connectivity index (χ2v) is 11.4. The first kappa shape index (κ1) is 23.6. The van der Waals surface area contributed by atoms with Crippen molar-refractivity contribution in [3.8, 4) is 0 Å². The molecule has 4 aliphatic carbocycles. The molecule has 0 saturated heterocycles. The monoisotopic (exact) mass is 469 g/mol. The summed E-state index contributed by atoms with van der Waals surface area (Å²) in [4.78, 5) is 29.9. The van der Waals surface area contributed by atoms with E-state index in [1.54, 1.807) is 18.3 Å². The van der Waals surface area contributed by atoms with Crippen molar-refractivity contribution in [2.24, 2.45) is 22.7 Å². The third-order valence-electron chi connectivity index (χ3n) is 10.1. The van der Waals surface area contributed by atoms with Gasteiger partial charge in [0.15, 0.2) is 0 Å². The number of ether oxygens (including phenoxy) is 1. The Morgan fingerprint density at radius 1 is 1.18 bits per heavy atom. The highest BCUT2D eigenvalue weighted by Gasteiger charge is 2.77. The summed E-state index contributed by atoms with van der Waals surface area (Å²) in [7, 11) is 0. The smallest absolute Gasteiger partial charge is 0.339 e. The van der Waals surface area contributed by atoms with Crippen LogP contribution < -0.4 is 0 Å². The molecule has 184 valence electrons. The molecule has 1 heterocycles. The van der Waals surface area contributed by atoms with Crippen molar-refractivity contribution in [2.75, 3.05) is 0 Å². The number of carbonyl (C=O) groups is 2. The van der Waals surface area contributed by atoms with E-state index in [1.807, 2.05) is 13.0 Å². The van der Waals surface area contributed by atoms with Crippen LogP contribution >= 0.6 is 0 Å². The summed E-state index contributed by atoms with van der Waals surface area (Å²) in [6, 6.07) is 3.29. The molecule has 8 atom stereocenters. The molecule has 0 spiro atoms. The number of carbonyl (C=O) groups excluding carboxylic acids is 2. The number of ketones is 1. The first-order valence-corrected chi connectivity index (χ1v) is 12.4. The SMILES string of the molecule is CC(=O)[C@H]1CC[C@@]2(O)[C@]1(C)[C@H](OC(=O)c1cccnc1)C[C@H]1[C@@]3(C)CC[C@H](O)CC3=CC[C@]12O. The third-order valence-corrected chi connectivity index (χ3v) is 10.1. The van der Waals surface area contributed by atoms with Crippen LogP contribution in [0.2, 0.25) is 0 Å². The zero-order valence-electron chi connectivity index (χ0n) is 20.2. The van der Waals surface area contributed by atoms with Crippen molar-refractivity contribution in [1.29, 1.82) is 0 Å². The van der Waals surface area contributed by atoms with Gasteiger partial charge in [-0.2, -0.15) is 0 Å². The standard InChI is InChI=1S/C27H35NO6/c1-16(29)20-8-11-27(33)25(20,3)22(34-23(31)17-5-4-12-28-15-17)14-21-24(2)9-7-19(30)13-18(24)6-10-26(21,27)32/h4-6,12,15,19-22,30,32-33H,7-11,13-14H2,1-3H3/t19-,20+,21-,22+,24-,25-,26-,27+/m0/s1. The summed E-state index contributed by atoms with van der Waals surface area (Å²) in [5.41, 5.74) is -3.20. The predicted molar refractivity (Wildman–Crippen MR) is 124 cm³/mol. The maximum atomic E-state index is 13.1. The Morgan fingerprint density at radius 2 is 1.94 bits per heavy atom. The molecule has 3 saturated carbocycles. The molecular weight excluding hydrogens is 434 g/mol. The van der Waals surface area contributed by atoms with Gasteiger partial charge in [0.25, 0.3) is 0 Å². The first-order chi connectivity index (χ1) is 16.0. The van der Waals surface area contributed by atoms with E-state index in [0.717, 1.165) is 5.57 Å². The molecule has 3 fully saturated rings. The lowest BCUT2D eigenvalue weighted by molar-refractivity contribution is -0.297. The average molecular weight is 470 g/mol. The topological polar surface area (TPSA) is 117 Å². The highest BCUT2D eigenvalue weighted by molar-refractivity contribution is 5.89. The lowest BCUT2D eigenvalue weighted by Gasteiger charge is -2.66. The van der Waals surface area contributed by atoms with Crippen LogP contribution in [0.15, 0.2) is 36.2 Å². The Labute approximate surface area is 200 Å². The average Bonchev–Trinajstić information content (AvgIpc) is 3.10. The second kappa shape index (κ2) is 7.70. The van der Waals surface area contributed by atoms with Crippen molar-refractivity contribution in [3.05, 3.63) is 41.7 Å². The molecule has 34 heavy (non-hydrogen) atoms. The molecule has 0 aromatic carbocycles. The van der Waals surface area contributed by atoms with Crippen molar-refractivity contribution < 1.29 is 29.6 Å². The fraction of sp³-hybridized carbons (Fsp3) is 0.667. The van der Waals surface area contributed by atoms with Crippen LogP contribution in [0.4, 0.5) is 0 Å². The molecule has 3 N–H and O–H groups in total. The zero-order valence-corrected chi connectivity index (χ0v) is 20.2. The summed E-state index contributed by atoms with van der Waals surface area (Å²) in [6.45, 7) is 5.43. The van der Waals surface area contributed by atoms with Crippen LogP contribution in [0, 0.1) is 22.7 Å². The van der Waals surface area contributed by atoms with Crippen molar-refractivity contribution >= 4 is 11.8 Å². The number of hydrogen-bond acceptors (Lipinski definition) is 7. The summed E-state index contributed by atoms with van der Waals surface area (Å²) >= 11 is 0. The van der Waals surface area contributed by atoms with Gasteiger partial charge < -0.3 is 20.1 Å². The Morgan fingerprint density at radius 3 is 2.62 bits per heavy atom. The Balaban J connectivity index is 1.61. The van der Waals surface area contributed by atoms with Gasteiger partial charge in [-0.1, -0.05) is 25.5 Å². The summed E-state index contributed by atoms with van der Waals surface area (Å²) in [6.07, 6.45) is 7.01. The number of aromatic nitrogens is 1. The number of pyridine rings is 1. The maximum absolute atomic E-state index is 13.1. The van der Waals surface area contributed by atoms with E-state index in [2.05, 4.69) is 11.9 Å². The van der Waals surface area contributed by atoms with E-state index >= 15 is 0 Å². The van der Waals surface area contributed by atoms with Gasteiger partial charge in [-0.3, -0.25) is 9.78 Å². The summed E-state index contributed by atoms with van der Waals surface area (Å²) in [5, 5.41) is 35.0. The minimum absolute atomic E-state index is 0.0676. The Hall–Kier alpha value is -2.09. The minimum Gasteiger partial charge on any atom is -0.458 e. The molecule has 0 bridgehead atoms. The Kier molecular flexibility index (Phi) is 5.36. The number of esters is 1. The molecule has 0 aliphatic heterocycles. The van der Waals surface area contributed by atoms with E-state index in [0.29, 0.717) is 37.7 Å². The van der Waals surface area contributed by atoms with Gasteiger partial charge in [0.1, 0.15) is 23.1 Å². The molecule has 4 aliphatic rings. The maximum Gasteiger partial charge on any atom is 0.339 e. The fourth-order valence-electron chi connectivity index (χ4n) is 8.11. The third kappa shape index (κ3) is 2.96. The normalized spacial score (nSPS) is 45.4. The predicted octanol–water partition coefficient (Wildman–Crippen LogP) is 2.98. The molecule has 0 radical (unpaired) electrons. The zero-order chi connectivity index (χ0) is 24.5. The van der Waals surface area contributed by atoms with E-state index in [4.69, 9.17) is 4.74 Å². The van der Waals surface area contributed by atoms with E-state index in [-0.39, 0.29) is 24.5 Å². The van der Waals surface area contributed by atoms with Gasteiger partial charge in [-0.15, -0.1) is 0 Å². The molecule has 1 aromatic heterocycles. The van der Waals surface area contributed by atoms with Gasteiger partial charge in [-0.25, -0.2) is 4.79 Å². The van der Waals surface area contributed by atoms with Crippen molar-refractivity contribution in [1.82, 2.24) is 4.98 Å². The number of rotatable bonds is 3. The van der Waals surface area contributed by atoms with E-state index in [1.165, 1.54) is 13.1 Å². The van der Waals surface area contributed by atoms with Crippen LogP contribution in [0.3, 0.4) is 0 Å². The molecular formula is C27H35NO6. The van der Waals surface area contributed by atoms with Gasteiger partial charge in [0.2, 0.25) is 0 Å². The van der Waals surface area contributed by atoms with E-state index < -0.39 is 46.1 Å². The number of aliphatic hydroxyl groups excluding tert-OH is 1. The van der Waals surface area contributed by atoms with Crippen LogP contribution in [0.1, 0.15) is 76.1 Å². The second-order valence-electron chi connectivity index (χ2n) is 11.4. The van der Waals surface area contributed by atoms with Crippen molar-refractivity contribution in [3.63, 3.8) is 0 Å². The van der Waals surface area contributed by atoms with Gasteiger partial charge in [-0.05, 0) is 69.4 Å². The number of aliphatic hydroxyl groups is 3. The van der Waals surface area contributed by atoms with E-state index in [9.17, 15) is 24.9 Å². The van der Waals surface area contributed by atoms with Crippen molar-refractivity contribution in [2.45, 2.75) is 89.1 Å². The summed E-state index contributed by atoms with van der Waals surface area (Å²) < 4.78 is 6.11. The largest absolute Gasteiger partial charge is 0.458 e. The summed E-state index contributed by atoms with van der Waals surface area (Å²) in [5.74, 6) is -1.51. The molecule has 0 amide bonds. The number of Topliss-reactive ketones (excluding diaryl/α,β-unsaturated/α-hetero) is 1. The molecule has 7 heteroatoms. The van der Waals surface area contributed by atoms with Crippen LogP contribution in [-0.2, 0) is 9.53 Å². The lowest BCUT2D eigenvalue weighted by atomic mass is 9.43. The molecule has 7 nitrogen and oxygen atoms in total. The molecule has 0 unspecified atom stereocenters. The van der Waals surface area contributed by atoms with Crippen LogP contribution in [0.5, 0.6) is 0 Å². The number of nitrogens with zero attached hydrogens (tertiary/aromatic N) is 1.